The Morgan fingerprint density at radius 1 is 1.29 bits per heavy atom. The number of carbonyl (C=O) groups is 1. The molecule has 0 radical (unpaired) electrons. The van der Waals surface area contributed by atoms with Gasteiger partial charge in [0.05, 0.1) is 4.91 Å². The lowest BCUT2D eigenvalue weighted by atomic mass is 10.2. The minimum Gasteiger partial charge on any atom is -0.438 e. The van der Waals surface area contributed by atoms with E-state index in [1.165, 1.54) is 15.4 Å². The number of hydrogen-bond donors (Lipinski definition) is 0. The molecular weight excluding hydrogens is 454 g/mol. The largest absolute Gasteiger partial charge is 0.438 e. The van der Waals surface area contributed by atoms with Gasteiger partial charge in [-0.25, -0.2) is 0 Å². The van der Waals surface area contributed by atoms with Crippen LogP contribution in [0.15, 0.2) is 64.9 Å². The Bertz CT molecular complexity index is 1330. The number of halogens is 1. The van der Waals surface area contributed by atoms with Crippen LogP contribution in [-0.2, 0) is 4.79 Å². The molecule has 3 heterocycles. The number of aromatic nitrogens is 2. The van der Waals surface area contributed by atoms with Gasteiger partial charge in [0.15, 0.2) is 0 Å². The number of hydrogen-bond acceptors (Lipinski definition) is 6. The Kier molecular flexibility index (Phi) is 5.95. The van der Waals surface area contributed by atoms with Gasteiger partial charge in [-0.3, -0.25) is 18.9 Å². The van der Waals surface area contributed by atoms with Crippen molar-refractivity contribution in [2.24, 2.45) is 0 Å². The molecule has 1 aliphatic heterocycles. The number of rotatable bonds is 5. The number of ether oxygens (including phenoxy) is 1. The smallest absolute Gasteiger partial charge is 0.269 e. The molecule has 6 nitrogen and oxygen atoms in total. The summed E-state index contributed by atoms with van der Waals surface area (Å²) >= 11 is 12.5. The zero-order valence-corrected chi connectivity index (χ0v) is 18.8. The molecule has 1 fully saturated rings. The van der Waals surface area contributed by atoms with Gasteiger partial charge in [-0.2, -0.15) is 4.98 Å². The Balaban J connectivity index is 1.86. The lowest BCUT2D eigenvalue weighted by Crippen LogP contribution is -2.28. The second kappa shape index (κ2) is 8.66. The van der Waals surface area contributed by atoms with Gasteiger partial charge >= 0.3 is 0 Å². The first kappa shape index (κ1) is 21.3. The number of amides is 1. The first-order chi connectivity index (χ1) is 14.9. The van der Waals surface area contributed by atoms with Crippen LogP contribution in [0.3, 0.4) is 0 Å². The molecule has 0 bridgehead atoms. The van der Waals surface area contributed by atoms with Crippen LogP contribution in [0.25, 0.3) is 11.7 Å². The van der Waals surface area contributed by atoms with Crippen molar-refractivity contribution in [1.29, 1.82) is 0 Å². The molecule has 2 aromatic heterocycles. The summed E-state index contributed by atoms with van der Waals surface area (Å²) in [5.74, 6) is 0.274. The summed E-state index contributed by atoms with van der Waals surface area (Å²) in [6, 6.07) is 10.4. The molecule has 31 heavy (non-hydrogen) atoms. The molecule has 156 valence electrons. The van der Waals surface area contributed by atoms with Gasteiger partial charge in [0, 0.05) is 17.8 Å². The second-order valence-corrected chi connectivity index (χ2v) is 8.74. The maximum Gasteiger partial charge on any atom is 0.269 e. The van der Waals surface area contributed by atoms with E-state index in [-0.39, 0.29) is 22.9 Å². The van der Waals surface area contributed by atoms with Crippen LogP contribution in [0, 0.1) is 6.92 Å². The van der Waals surface area contributed by atoms with E-state index in [0.29, 0.717) is 32.2 Å². The summed E-state index contributed by atoms with van der Waals surface area (Å²) in [5, 5.41) is 0.602. The minimum atomic E-state index is -0.361. The van der Waals surface area contributed by atoms with E-state index in [1.807, 2.05) is 6.92 Å². The van der Waals surface area contributed by atoms with Crippen molar-refractivity contribution in [1.82, 2.24) is 14.3 Å². The first-order valence-corrected chi connectivity index (χ1v) is 10.8. The van der Waals surface area contributed by atoms with Gasteiger partial charge in [0.2, 0.25) is 5.88 Å². The lowest BCUT2D eigenvalue weighted by molar-refractivity contribution is -0.121. The van der Waals surface area contributed by atoms with Crippen LogP contribution >= 0.6 is 35.6 Å². The number of aryl methyl sites for hydroxylation is 1. The molecule has 0 spiro atoms. The number of fused-ring (bicyclic) bond motifs is 1. The van der Waals surface area contributed by atoms with Crippen molar-refractivity contribution >= 4 is 57.5 Å². The highest BCUT2D eigenvalue weighted by Gasteiger charge is 2.32. The monoisotopic (exact) mass is 469 g/mol. The van der Waals surface area contributed by atoms with E-state index in [1.54, 1.807) is 48.7 Å². The fourth-order valence-electron chi connectivity index (χ4n) is 2.99. The molecule has 0 aliphatic carbocycles. The molecule has 0 unspecified atom stereocenters. The van der Waals surface area contributed by atoms with E-state index in [0.717, 1.165) is 17.3 Å². The SMILES string of the molecule is C=CCN1C(=O)/C(=C\c2c(Oc3ccc(Cl)c(C)c3)nc3ccccn3c2=O)SC1=S. The minimum absolute atomic E-state index is 0.0897. The summed E-state index contributed by atoms with van der Waals surface area (Å²) in [6.45, 7) is 5.80. The second-order valence-electron chi connectivity index (χ2n) is 6.66. The predicted octanol–water partition coefficient (Wildman–Crippen LogP) is 4.84. The Hall–Kier alpha value is -2.94. The number of benzene rings is 1. The fraction of sp³-hybridized carbons (Fsp3) is 0.0909. The van der Waals surface area contributed by atoms with Crippen LogP contribution in [0.4, 0.5) is 0 Å². The van der Waals surface area contributed by atoms with Crippen molar-refractivity contribution in [3.05, 3.63) is 86.7 Å². The normalized spacial score (nSPS) is 15.2. The molecule has 9 heteroatoms. The number of nitrogens with zero attached hydrogens (tertiary/aromatic N) is 3. The average Bonchev–Trinajstić information content (AvgIpc) is 3.01. The molecule has 1 saturated heterocycles. The molecule has 1 aliphatic rings. The van der Waals surface area contributed by atoms with E-state index in [2.05, 4.69) is 11.6 Å². The van der Waals surface area contributed by atoms with Gasteiger partial charge in [0.25, 0.3) is 11.5 Å². The molecule has 0 N–H and O–H groups in total. The summed E-state index contributed by atoms with van der Waals surface area (Å²) in [4.78, 5) is 32.2. The zero-order chi connectivity index (χ0) is 22.1. The summed E-state index contributed by atoms with van der Waals surface area (Å²) in [6.07, 6.45) is 4.69. The van der Waals surface area contributed by atoms with Gasteiger partial charge < -0.3 is 4.74 Å². The Labute approximate surface area is 192 Å². The Morgan fingerprint density at radius 2 is 2.10 bits per heavy atom. The maximum atomic E-state index is 13.2. The molecular formula is C22H16ClN3O3S2. The summed E-state index contributed by atoms with van der Waals surface area (Å²) in [5.41, 5.74) is 1.03. The van der Waals surface area contributed by atoms with E-state index < -0.39 is 0 Å². The predicted molar refractivity (Wildman–Crippen MR) is 128 cm³/mol. The van der Waals surface area contributed by atoms with Crippen LogP contribution in [0.1, 0.15) is 11.1 Å². The van der Waals surface area contributed by atoms with Crippen molar-refractivity contribution < 1.29 is 9.53 Å². The Morgan fingerprint density at radius 3 is 2.84 bits per heavy atom. The summed E-state index contributed by atoms with van der Waals surface area (Å²) < 4.78 is 7.77. The highest BCUT2D eigenvalue weighted by atomic mass is 35.5. The highest BCUT2D eigenvalue weighted by Crippen LogP contribution is 2.34. The molecule has 1 aromatic carbocycles. The van der Waals surface area contributed by atoms with Crippen molar-refractivity contribution in [3.63, 3.8) is 0 Å². The lowest BCUT2D eigenvalue weighted by Gasteiger charge is -2.11. The standard InChI is InChI=1S/C22H16ClN3O3S2/c1-3-9-26-21(28)17(31-22(26)30)12-15-19(29-14-7-8-16(23)13(2)11-14)24-18-6-4-5-10-25(18)20(15)27/h3-8,10-12H,1,9H2,2H3/b17-12+. The maximum absolute atomic E-state index is 13.2. The molecule has 1 amide bonds. The third-order valence-electron chi connectivity index (χ3n) is 4.54. The highest BCUT2D eigenvalue weighted by molar-refractivity contribution is 8.26. The van der Waals surface area contributed by atoms with Crippen molar-refractivity contribution in [2.75, 3.05) is 6.54 Å². The average molecular weight is 470 g/mol. The molecule has 0 atom stereocenters. The fourth-order valence-corrected chi connectivity index (χ4v) is 4.37. The van der Waals surface area contributed by atoms with Crippen LogP contribution in [-0.4, -0.2) is 31.1 Å². The zero-order valence-electron chi connectivity index (χ0n) is 16.4. The van der Waals surface area contributed by atoms with Gasteiger partial charge in [0.1, 0.15) is 21.3 Å². The van der Waals surface area contributed by atoms with Crippen LogP contribution in [0.5, 0.6) is 11.6 Å². The van der Waals surface area contributed by atoms with Crippen LogP contribution in [0.2, 0.25) is 5.02 Å². The molecule has 4 rings (SSSR count). The molecule has 3 aromatic rings. The number of pyridine rings is 1. The summed E-state index contributed by atoms with van der Waals surface area (Å²) in [7, 11) is 0. The molecule has 0 saturated carbocycles. The van der Waals surface area contributed by atoms with E-state index in [4.69, 9.17) is 28.6 Å². The van der Waals surface area contributed by atoms with Crippen molar-refractivity contribution in [3.8, 4) is 11.6 Å². The van der Waals surface area contributed by atoms with Gasteiger partial charge in [-0.1, -0.05) is 47.7 Å². The third kappa shape index (κ3) is 4.14. The number of carbonyl (C=O) groups excluding carboxylic acids is 1. The van der Waals surface area contributed by atoms with E-state index >= 15 is 0 Å². The number of thiocarbonyl (C=S) groups is 1. The topological polar surface area (TPSA) is 63.9 Å². The van der Waals surface area contributed by atoms with Gasteiger partial charge in [-0.05, 0) is 48.9 Å². The van der Waals surface area contributed by atoms with Gasteiger partial charge in [-0.15, -0.1) is 6.58 Å². The van der Waals surface area contributed by atoms with Crippen LogP contribution < -0.4 is 10.3 Å². The number of thioether (sulfide) groups is 1. The van der Waals surface area contributed by atoms with E-state index in [9.17, 15) is 9.59 Å². The quantitative estimate of drug-likeness (QED) is 0.303. The van der Waals surface area contributed by atoms with Crippen molar-refractivity contribution in [2.45, 2.75) is 6.92 Å². The first-order valence-electron chi connectivity index (χ1n) is 9.20. The third-order valence-corrected chi connectivity index (χ3v) is 6.34.